The number of carboxylic acids is 1. The molecule has 8 heteroatoms. The molecule has 0 bridgehead atoms. The number of nitro benzene ring substituents is 1. The van der Waals surface area contributed by atoms with Crippen molar-refractivity contribution in [2.45, 2.75) is 25.7 Å². The monoisotopic (exact) mass is 308 g/mol. The smallest absolute Gasteiger partial charge is 0.312 e. The summed E-state index contributed by atoms with van der Waals surface area (Å²) in [6.45, 7) is 0. The van der Waals surface area contributed by atoms with Gasteiger partial charge in [-0.3, -0.25) is 19.7 Å². The molecule has 0 aliphatic heterocycles. The summed E-state index contributed by atoms with van der Waals surface area (Å²) in [7, 11) is 1.31. The summed E-state index contributed by atoms with van der Waals surface area (Å²) in [4.78, 5) is 33.5. The molecule has 22 heavy (non-hydrogen) atoms. The highest BCUT2D eigenvalue weighted by Crippen LogP contribution is 2.44. The summed E-state index contributed by atoms with van der Waals surface area (Å²) in [5, 5.41) is 22.6. The van der Waals surface area contributed by atoms with Crippen molar-refractivity contribution in [3.63, 3.8) is 0 Å². The molecule has 118 valence electrons. The molecule has 0 aromatic heterocycles. The third-order valence-corrected chi connectivity index (χ3v) is 3.92. The molecule has 8 nitrogen and oxygen atoms in total. The Hall–Kier alpha value is -2.64. The van der Waals surface area contributed by atoms with Crippen LogP contribution in [0.2, 0.25) is 0 Å². The SMILES string of the molecule is COc1ccc(NC(=O)CC2(C(=O)O)CCC2)cc1[N+](=O)[O-]. The predicted octanol–water partition coefficient (Wildman–Crippen LogP) is 2.19. The molecule has 1 amide bonds. The molecule has 0 saturated heterocycles. The van der Waals surface area contributed by atoms with E-state index in [-0.39, 0.29) is 23.5 Å². The summed E-state index contributed by atoms with van der Waals surface area (Å²) >= 11 is 0. The number of benzene rings is 1. The van der Waals surface area contributed by atoms with Crippen molar-refractivity contribution in [2.75, 3.05) is 12.4 Å². The second kappa shape index (κ2) is 6.00. The first-order valence-corrected chi connectivity index (χ1v) is 6.74. The fourth-order valence-electron chi connectivity index (χ4n) is 2.49. The number of hydrogen-bond acceptors (Lipinski definition) is 5. The van der Waals surface area contributed by atoms with Crippen molar-refractivity contribution in [1.29, 1.82) is 0 Å². The van der Waals surface area contributed by atoms with Gasteiger partial charge >= 0.3 is 11.7 Å². The van der Waals surface area contributed by atoms with Crippen molar-refractivity contribution in [2.24, 2.45) is 5.41 Å². The Morgan fingerprint density at radius 3 is 2.59 bits per heavy atom. The van der Waals surface area contributed by atoms with E-state index < -0.39 is 22.2 Å². The minimum Gasteiger partial charge on any atom is -0.490 e. The fourth-order valence-corrected chi connectivity index (χ4v) is 2.49. The van der Waals surface area contributed by atoms with Crippen molar-refractivity contribution >= 4 is 23.3 Å². The summed E-state index contributed by atoms with van der Waals surface area (Å²) in [5.41, 5.74) is -1.03. The molecule has 0 atom stereocenters. The molecule has 1 aromatic carbocycles. The van der Waals surface area contributed by atoms with Crippen molar-refractivity contribution in [3.8, 4) is 5.75 Å². The number of methoxy groups -OCH3 is 1. The van der Waals surface area contributed by atoms with Gasteiger partial charge in [0, 0.05) is 18.2 Å². The first kappa shape index (κ1) is 15.7. The second-order valence-corrected chi connectivity index (χ2v) is 5.31. The zero-order valence-electron chi connectivity index (χ0n) is 12.0. The quantitative estimate of drug-likeness (QED) is 0.614. The number of carboxylic acid groups (broad SMARTS) is 1. The summed E-state index contributed by atoms with van der Waals surface area (Å²) < 4.78 is 4.87. The van der Waals surface area contributed by atoms with Crippen LogP contribution in [0.3, 0.4) is 0 Å². The number of nitro groups is 1. The largest absolute Gasteiger partial charge is 0.490 e. The van der Waals surface area contributed by atoms with Gasteiger partial charge in [0.2, 0.25) is 5.91 Å². The van der Waals surface area contributed by atoms with E-state index in [0.717, 1.165) is 6.42 Å². The average molecular weight is 308 g/mol. The van der Waals surface area contributed by atoms with Gasteiger partial charge in [-0.2, -0.15) is 0 Å². The predicted molar refractivity (Wildman–Crippen MR) is 76.8 cm³/mol. The van der Waals surface area contributed by atoms with Crippen LogP contribution >= 0.6 is 0 Å². The summed E-state index contributed by atoms with van der Waals surface area (Å²) in [6, 6.07) is 4.03. The van der Waals surface area contributed by atoms with Gasteiger partial charge in [0.1, 0.15) is 0 Å². The number of amides is 1. The van der Waals surface area contributed by atoms with Gasteiger partial charge in [-0.05, 0) is 25.0 Å². The molecular formula is C14H16N2O6. The van der Waals surface area contributed by atoms with E-state index in [1.807, 2.05) is 0 Å². The van der Waals surface area contributed by atoms with Crippen LogP contribution in [0.15, 0.2) is 18.2 Å². The van der Waals surface area contributed by atoms with E-state index in [4.69, 9.17) is 4.74 Å². The lowest BCUT2D eigenvalue weighted by Crippen LogP contribution is -2.41. The average Bonchev–Trinajstić information content (AvgIpc) is 2.42. The maximum atomic E-state index is 12.0. The number of nitrogens with zero attached hydrogens (tertiary/aromatic N) is 1. The molecule has 0 radical (unpaired) electrons. The molecule has 0 unspecified atom stereocenters. The molecule has 0 heterocycles. The minimum atomic E-state index is -0.998. The first-order valence-electron chi connectivity index (χ1n) is 6.74. The van der Waals surface area contributed by atoms with Crippen LogP contribution in [-0.4, -0.2) is 29.0 Å². The maximum Gasteiger partial charge on any atom is 0.312 e. The van der Waals surface area contributed by atoms with E-state index in [1.165, 1.54) is 25.3 Å². The third kappa shape index (κ3) is 3.00. The van der Waals surface area contributed by atoms with E-state index in [1.54, 1.807) is 0 Å². The molecule has 1 fully saturated rings. The van der Waals surface area contributed by atoms with Crippen molar-refractivity contribution < 1.29 is 24.4 Å². The molecule has 2 rings (SSSR count). The lowest BCUT2D eigenvalue weighted by atomic mass is 9.66. The van der Waals surface area contributed by atoms with E-state index in [0.29, 0.717) is 12.8 Å². The number of ether oxygens (including phenoxy) is 1. The molecule has 2 N–H and O–H groups in total. The number of hydrogen-bond donors (Lipinski definition) is 2. The van der Waals surface area contributed by atoms with Gasteiger partial charge in [0.15, 0.2) is 5.75 Å². The molecule has 1 saturated carbocycles. The topological polar surface area (TPSA) is 119 Å². The Kier molecular flexibility index (Phi) is 4.30. The lowest BCUT2D eigenvalue weighted by molar-refractivity contribution is -0.385. The number of nitrogens with one attached hydrogen (secondary N) is 1. The van der Waals surface area contributed by atoms with Gasteiger partial charge in [-0.15, -0.1) is 0 Å². The van der Waals surface area contributed by atoms with Gasteiger partial charge < -0.3 is 15.2 Å². The number of rotatable bonds is 6. The Bertz CT molecular complexity index is 624. The van der Waals surface area contributed by atoms with Gasteiger partial charge in [0.25, 0.3) is 0 Å². The van der Waals surface area contributed by atoms with Crippen LogP contribution in [0.1, 0.15) is 25.7 Å². The normalized spacial score (nSPS) is 15.5. The Morgan fingerprint density at radius 1 is 1.45 bits per heavy atom. The van der Waals surface area contributed by atoms with Crippen molar-refractivity contribution in [3.05, 3.63) is 28.3 Å². The standard InChI is InChI=1S/C14H16N2O6/c1-22-11-4-3-9(7-10(11)16(20)21)15-12(17)8-14(13(18)19)5-2-6-14/h3-4,7H,2,5-6,8H2,1H3,(H,15,17)(H,18,19). The van der Waals surface area contributed by atoms with Crippen LogP contribution in [0.5, 0.6) is 5.75 Å². The maximum absolute atomic E-state index is 12.0. The van der Waals surface area contributed by atoms with Crippen LogP contribution in [0.25, 0.3) is 0 Å². The van der Waals surface area contributed by atoms with Crippen LogP contribution in [0, 0.1) is 15.5 Å². The van der Waals surface area contributed by atoms with Crippen molar-refractivity contribution in [1.82, 2.24) is 0 Å². The highest BCUT2D eigenvalue weighted by Gasteiger charge is 2.45. The van der Waals surface area contributed by atoms with E-state index in [2.05, 4.69) is 5.32 Å². The zero-order chi connectivity index (χ0) is 16.3. The zero-order valence-corrected chi connectivity index (χ0v) is 12.0. The summed E-state index contributed by atoms with van der Waals surface area (Å²) in [6.07, 6.45) is 1.59. The second-order valence-electron chi connectivity index (χ2n) is 5.31. The number of anilines is 1. The summed E-state index contributed by atoms with van der Waals surface area (Å²) in [5.74, 6) is -1.36. The molecule has 1 aliphatic rings. The van der Waals surface area contributed by atoms with E-state index in [9.17, 15) is 24.8 Å². The molecule has 1 aromatic rings. The third-order valence-electron chi connectivity index (χ3n) is 3.92. The Balaban J connectivity index is 2.10. The van der Waals surface area contributed by atoms with Crippen LogP contribution in [-0.2, 0) is 9.59 Å². The van der Waals surface area contributed by atoms with Crippen LogP contribution < -0.4 is 10.1 Å². The van der Waals surface area contributed by atoms with Gasteiger partial charge in [0.05, 0.1) is 17.4 Å². The van der Waals surface area contributed by atoms with Gasteiger partial charge in [-0.25, -0.2) is 0 Å². The number of carbonyl (C=O) groups excluding carboxylic acids is 1. The number of aliphatic carboxylic acids is 1. The minimum absolute atomic E-state index is 0.0870. The highest BCUT2D eigenvalue weighted by atomic mass is 16.6. The highest BCUT2D eigenvalue weighted by molar-refractivity contribution is 5.95. The Labute approximate surface area is 126 Å². The van der Waals surface area contributed by atoms with Gasteiger partial charge in [-0.1, -0.05) is 6.42 Å². The lowest BCUT2D eigenvalue weighted by Gasteiger charge is -2.36. The number of carbonyl (C=O) groups is 2. The Morgan fingerprint density at radius 2 is 2.14 bits per heavy atom. The molecular weight excluding hydrogens is 292 g/mol. The van der Waals surface area contributed by atoms with E-state index >= 15 is 0 Å². The van der Waals surface area contributed by atoms with Crippen LogP contribution in [0.4, 0.5) is 11.4 Å². The molecule has 1 aliphatic carbocycles. The first-order chi connectivity index (χ1) is 10.4. The fraction of sp³-hybridized carbons (Fsp3) is 0.429. The molecule has 0 spiro atoms.